The van der Waals surface area contributed by atoms with E-state index >= 15 is 0 Å². The van der Waals surface area contributed by atoms with Gasteiger partial charge < -0.3 is 10.1 Å². The first-order valence-corrected chi connectivity index (χ1v) is 6.82. The molecule has 4 atom stereocenters. The molecule has 0 aromatic carbocycles. The minimum absolute atomic E-state index is 0.0291. The third-order valence-electron chi connectivity index (χ3n) is 3.16. The third kappa shape index (κ3) is 5.27. The normalized spacial score (nSPS) is 27.6. The van der Waals surface area contributed by atoms with Crippen molar-refractivity contribution in [1.29, 1.82) is 0 Å². The van der Waals surface area contributed by atoms with Gasteiger partial charge in [0.1, 0.15) is 6.17 Å². The van der Waals surface area contributed by atoms with Gasteiger partial charge in [-0.25, -0.2) is 4.39 Å². The van der Waals surface area contributed by atoms with E-state index in [1.165, 1.54) is 6.08 Å². The van der Waals surface area contributed by atoms with Crippen LogP contribution in [0.5, 0.6) is 0 Å². The maximum absolute atomic E-state index is 13.2. The summed E-state index contributed by atoms with van der Waals surface area (Å²) in [6.45, 7) is 7.13. The van der Waals surface area contributed by atoms with Crippen LogP contribution in [0.3, 0.4) is 0 Å². The van der Waals surface area contributed by atoms with Gasteiger partial charge in [-0.05, 0) is 33.2 Å². The van der Waals surface area contributed by atoms with E-state index in [0.717, 1.165) is 19.4 Å². The summed E-state index contributed by atoms with van der Waals surface area (Å²) >= 11 is 0. The third-order valence-corrected chi connectivity index (χ3v) is 3.16. The van der Waals surface area contributed by atoms with E-state index < -0.39 is 6.17 Å². The van der Waals surface area contributed by atoms with Gasteiger partial charge in [-0.15, -0.1) is 0 Å². The Bertz CT molecular complexity index is 281. The van der Waals surface area contributed by atoms with Crippen LogP contribution in [0.15, 0.2) is 17.1 Å². The van der Waals surface area contributed by atoms with E-state index in [4.69, 9.17) is 4.74 Å². The Balaban J connectivity index is 2.30. The molecular weight excluding hydrogens is 231 g/mol. The molecule has 0 saturated heterocycles. The Morgan fingerprint density at radius 3 is 2.89 bits per heavy atom. The van der Waals surface area contributed by atoms with Crippen LogP contribution in [0.2, 0.25) is 0 Å². The van der Waals surface area contributed by atoms with Crippen molar-refractivity contribution in [2.24, 2.45) is 4.99 Å². The van der Waals surface area contributed by atoms with Gasteiger partial charge in [0.2, 0.25) is 0 Å². The first-order chi connectivity index (χ1) is 8.67. The molecule has 0 amide bonds. The van der Waals surface area contributed by atoms with Crippen molar-refractivity contribution in [2.45, 2.75) is 58.0 Å². The Kier molecular flexibility index (Phi) is 7.13. The van der Waals surface area contributed by atoms with E-state index in [9.17, 15) is 4.39 Å². The second-order valence-electron chi connectivity index (χ2n) is 4.70. The predicted molar refractivity (Wildman–Crippen MR) is 74.1 cm³/mol. The molecule has 1 N–H and O–H groups in total. The zero-order valence-corrected chi connectivity index (χ0v) is 11.6. The van der Waals surface area contributed by atoms with Gasteiger partial charge in [0, 0.05) is 12.3 Å². The molecule has 18 heavy (non-hydrogen) atoms. The van der Waals surface area contributed by atoms with Crippen molar-refractivity contribution in [3.8, 4) is 0 Å². The number of nitrogens with one attached hydrogen (secondary N) is 1. The highest BCUT2D eigenvalue weighted by Crippen LogP contribution is 2.16. The van der Waals surface area contributed by atoms with E-state index in [2.05, 4.69) is 24.2 Å². The summed E-state index contributed by atoms with van der Waals surface area (Å²) in [5, 5.41) is 3.37. The van der Waals surface area contributed by atoms with Crippen molar-refractivity contribution in [3.63, 3.8) is 0 Å². The summed E-state index contributed by atoms with van der Waals surface area (Å²) in [5.74, 6) is 0. The highest BCUT2D eigenvalue weighted by atomic mass is 19.1. The number of allylic oxidation sites excluding steroid dienone is 1. The lowest BCUT2D eigenvalue weighted by Crippen LogP contribution is -2.39. The Morgan fingerprint density at radius 2 is 2.33 bits per heavy atom. The van der Waals surface area contributed by atoms with Crippen LogP contribution >= 0.6 is 0 Å². The van der Waals surface area contributed by atoms with Crippen LogP contribution in [0.1, 0.15) is 33.6 Å². The summed E-state index contributed by atoms with van der Waals surface area (Å²) in [4.78, 5) is 4.50. The Labute approximate surface area is 110 Å². The van der Waals surface area contributed by atoms with Gasteiger partial charge in [0.25, 0.3) is 0 Å². The quantitative estimate of drug-likeness (QED) is 0.710. The van der Waals surface area contributed by atoms with E-state index in [1.807, 2.05) is 6.21 Å². The molecule has 1 heterocycles. The highest BCUT2D eigenvalue weighted by Gasteiger charge is 2.22. The number of ether oxygens (including phenoxy) is 1. The molecule has 4 heteroatoms. The maximum atomic E-state index is 13.2. The molecule has 4 unspecified atom stereocenters. The fraction of sp³-hybridized carbons (Fsp3) is 0.786. The van der Waals surface area contributed by atoms with Crippen LogP contribution in [0, 0.1) is 0 Å². The SMILES string of the molecule is CC=CC(F)COC1C=NC(C(C)NCC)CC1. The number of likely N-dealkylation sites (N-methyl/N-ethyl adjacent to an activating group) is 1. The Hall–Kier alpha value is -0.740. The molecule has 1 aliphatic heterocycles. The second-order valence-corrected chi connectivity index (χ2v) is 4.70. The van der Waals surface area contributed by atoms with Crippen molar-refractivity contribution in [1.82, 2.24) is 5.32 Å². The van der Waals surface area contributed by atoms with E-state index in [-0.39, 0.29) is 12.7 Å². The number of rotatable bonds is 7. The lowest BCUT2D eigenvalue weighted by molar-refractivity contribution is 0.0591. The monoisotopic (exact) mass is 256 g/mol. The summed E-state index contributed by atoms with van der Waals surface area (Å²) < 4.78 is 18.7. The minimum Gasteiger partial charge on any atom is -0.369 e. The van der Waals surface area contributed by atoms with Crippen molar-refractivity contribution >= 4 is 6.21 Å². The van der Waals surface area contributed by atoms with Crippen LogP contribution < -0.4 is 5.32 Å². The molecule has 0 bridgehead atoms. The smallest absolute Gasteiger partial charge is 0.141 e. The van der Waals surface area contributed by atoms with Gasteiger partial charge in [0.15, 0.2) is 0 Å². The van der Waals surface area contributed by atoms with Gasteiger partial charge >= 0.3 is 0 Å². The van der Waals surface area contributed by atoms with Crippen molar-refractivity contribution < 1.29 is 9.13 Å². The number of hydrogen-bond donors (Lipinski definition) is 1. The number of halogens is 1. The van der Waals surface area contributed by atoms with Gasteiger partial charge in [0.05, 0.1) is 18.8 Å². The molecule has 3 nitrogen and oxygen atoms in total. The first-order valence-electron chi connectivity index (χ1n) is 6.82. The first kappa shape index (κ1) is 15.3. The molecule has 0 aliphatic carbocycles. The zero-order valence-electron chi connectivity index (χ0n) is 11.6. The van der Waals surface area contributed by atoms with Crippen LogP contribution in [-0.2, 0) is 4.74 Å². The zero-order chi connectivity index (χ0) is 13.4. The fourth-order valence-corrected chi connectivity index (χ4v) is 2.13. The summed E-state index contributed by atoms with van der Waals surface area (Å²) in [7, 11) is 0. The number of nitrogens with zero attached hydrogens (tertiary/aromatic N) is 1. The number of alkyl halides is 1. The van der Waals surface area contributed by atoms with Crippen molar-refractivity contribution in [2.75, 3.05) is 13.2 Å². The van der Waals surface area contributed by atoms with E-state index in [1.54, 1.807) is 13.0 Å². The lowest BCUT2D eigenvalue weighted by atomic mass is 10.00. The Morgan fingerprint density at radius 1 is 1.56 bits per heavy atom. The summed E-state index contributed by atoms with van der Waals surface area (Å²) in [5.41, 5.74) is 0. The van der Waals surface area contributed by atoms with Crippen molar-refractivity contribution in [3.05, 3.63) is 12.2 Å². The minimum atomic E-state index is -1.01. The molecule has 0 saturated carbocycles. The fourth-order valence-electron chi connectivity index (χ4n) is 2.13. The van der Waals surface area contributed by atoms with Gasteiger partial charge in [-0.1, -0.05) is 19.1 Å². The number of aliphatic imine (C=N–C) groups is 1. The highest BCUT2D eigenvalue weighted by molar-refractivity contribution is 5.64. The van der Waals surface area contributed by atoms with Crippen LogP contribution in [0.25, 0.3) is 0 Å². The van der Waals surface area contributed by atoms with Gasteiger partial charge in [-0.3, -0.25) is 4.99 Å². The molecule has 1 aliphatic rings. The predicted octanol–water partition coefficient (Wildman–Crippen LogP) is 2.52. The van der Waals surface area contributed by atoms with E-state index in [0.29, 0.717) is 12.1 Å². The summed E-state index contributed by atoms with van der Waals surface area (Å²) in [6, 6.07) is 0.714. The molecule has 0 radical (unpaired) electrons. The summed E-state index contributed by atoms with van der Waals surface area (Å²) in [6.07, 6.45) is 5.93. The molecule has 104 valence electrons. The van der Waals surface area contributed by atoms with Crippen LogP contribution in [0.4, 0.5) is 4.39 Å². The average Bonchev–Trinajstić information content (AvgIpc) is 2.37. The van der Waals surface area contributed by atoms with Gasteiger partial charge in [-0.2, -0.15) is 0 Å². The van der Waals surface area contributed by atoms with Crippen LogP contribution in [-0.4, -0.2) is 43.7 Å². The lowest BCUT2D eigenvalue weighted by Gasteiger charge is -2.27. The molecule has 0 fully saturated rings. The number of hydrogen-bond acceptors (Lipinski definition) is 3. The average molecular weight is 256 g/mol. The topological polar surface area (TPSA) is 33.6 Å². The molecule has 0 aromatic rings. The maximum Gasteiger partial charge on any atom is 0.141 e. The molecule has 0 aromatic heterocycles. The largest absolute Gasteiger partial charge is 0.369 e. The standard InChI is InChI=1S/C14H25FN2O/c1-4-6-12(15)10-18-13-7-8-14(17-9-13)11(3)16-5-2/h4,6,9,11-14,16H,5,7-8,10H2,1-3H3. The molecule has 0 spiro atoms. The second kappa shape index (κ2) is 8.38. The molecular formula is C14H25FN2O. The molecule has 1 rings (SSSR count).